The van der Waals surface area contributed by atoms with Gasteiger partial charge in [0.25, 0.3) is 5.91 Å². The van der Waals surface area contributed by atoms with Crippen molar-refractivity contribution in [1.29, 1.82) is 0 Å². The topological polar surface area (TPSA) is 73.7 Å². The first-order chi connectivity index (χ1) is 11.0. The lowest BCUT2D eigenvalue weighted by Crippen LogP contribution is -2.29. The fourth-order valence-electron chi connectivity index (χ4n) is 2.76. The van der Waals surface area contributed by atoms with E-state index in [9.17, 15) is 9.59 Å². The first-order valence-electron chi connectivity index (χ1n) is 7.70. The SMILES string of the molecule is CCN(CC)c1nc2sc(C(=O)N3CCC(C(=O)O)C3)cc2s1. The number of carboxylic acid groups (broad SMARTS) is 1. The molecule has 0 aromatic carbocycles. The zero-order valence-corrected chi connectivity index (χ0v) is 14.7. The molecule has 0 spiro atoms. The van der Waals surface area contributed by atoms with E-state index >= 15 is 0 Å². The van der Waals surface area contributed by atoms with Crippen LogP contribution in [0.25, 0.3) is 9.53 Å². The van der Waals surface area contributed by atoms with Gasteiger partial charge in [-0.1, -0.05) is 11.3 Å². The minimum atomic E-state index is -0.821. The third-order valence-corrected chi connectivity index (χ3v) is 6.36. The molecule has 1 atom stereocenters. The maximum atomic E-state index is 12.5. The molecule has 23 heavy (non-hydrogen) atoms. The van der Waals surface area contributed by atoms with E-state index in [1.54, 1.807) is 16.2 Å². The molecule has 1 fully saturated rings. The second kappa shape index (κ2) is 6.45. The summed E-state index contributed by atoms with van der Waals surface area (Å²) >= 11 is 3.00. The van der Waals surface area contributed by atoms with Gasteiger partial charge in [0.15, 0.2) is 5.13 Å². The zero-order valence-electron chi connectivity index (χ0n) is 13.1. The molecule has 2 aromatic heterocycles. The number of thiazole rings is 1. The minimum Gasteiger partial charge on any atom is -0.481 e. The Hall–Kier alpha value is -1.67. The van der Waals surface area contributed by atoms with Gasteiger partial charge in [-0.25, -0.2) is 4.98 Å². The van der Waals surface area contributed by atoms with Crippen LogP contribution >= 0.6 is 22.7 Å². The number of carbonyl (C=O) groups excluding carboxylic acids is 1. The molecule has 1 aliphatic heterocycles. The summed E-state index contributed by atoms with van der Waals surface area (Å²) in [7, 11) is 0. The summed E-state index contributed by atoms with van der Waals surface area (Å²) in [4.78, 5) is 33.5. The van der Waals surface area contributed by atoms with Crippen molar-refractivity contribution in [2.75, 3.05) is 31.1 Å². The maximum Gasteiger partial charge on any atom is 0.308 e. The van der Waals surface area contributed by atoms with Gasteiger partial charge in [-0.3, -0.25) is 9.59 Å². The molecule has 1 saturated heterocycles. The lowest BCUT2D eigenvalue weighted by molar-refractivity contribution is -0.141. The molecule has 2 aromatic rings. The number of likely N-dealkylation sites (tertiary alicyclic amines) is 1. The Labute approximate surface area is 142 Å². The highest BCUT2D eigenvalue weighted by atomic mass is 32.1. The third-order valence-electron chi connectivity index (χ3n) is 4.15. The number of carbonyl (C=O) groups is 2. The number of fused-ring (bicyclic) bond motifs is 1. The molecule has 6 nitrogen and oxygen atoms in total. The van der Waals surface area contributed by atoms with Crippen LogP contribution in [-0.4, -0.2) is 53.0 Å². The summed E-state index contributed by atoms with van der Waals surface area (Å²) in [6.45, 7) is 6.83. The standard InChI is InChI=1S/C15H19N3O3S2/c1-3-17(4-2)15-16-12-10(23-15)7-11(22-12)13(19)18-6-5-9(8-18)14(20)21/h7,9H,3-6,8H2,1-2H3,(H,20,21). The van der Waals surface area contributed by atoms with Crippen LogP contribution in [0.4, 0.5) is 5.13 Å². The van der Waals surface area contributed by atoms with Gasteiger partial charge in [0.2, 0.25) is 0 Å². The average molecular weight is 353 g/mol. The number of aromatic nitrogens is 1. The predicted octanol–water partition coefficient (Wildman–Crippen LogP) is 2.75. The summed E-state index contributed by atoms with van der Waals surface area (Å²) in [6, 6.07) is 1.89. The number of anilines is 1. The van der Waals surface area contributed by atoms with Crippen molar-refractivity contribution in [1.82, 2.24) is 9.88 Å². The first-order valence-corrected chi connectivity index (χ1v) is 9.34. The molecule has 0 bridgehead atoms. The van der Waals surface area contributed by atoms with Crippen molar-refractivity contribution < 1.29 is 14.7 Å². The number of carboxylic acids is 1. The van der Waals surface area contributed by atoms with Gasteiger partial charge in [-0.2, -0.15) is 0 Å². The Bertz CT molecular complexity index is 704. The lowest BCUT2D eigenvalue weighted by Gasteiger charge is -2.16. The number of rotatable bonds is 5. The Balaban J connectivity index is 1.77. The Morgan fingerprint density at radius 1 is 1.39 bits per heavy atom. The normalized spacial score (nSPS) is 17.8. The molecule has 1 aliphatic rings. The number of aliphatic carboxylic acids is 1. The highest BCUT2D eigenvalue weighted by molar-refractivity contribution is 7.29. The fraction of sp³-hybridized carbons (Fsp3) is 0.533. The van der Waals surface area contributed by atoms with E-state index in [1.165, 1.54) is 11.3 Å². The van der Waals surface area contributed by atoms with Crippen molar-refractivity contribution in [2.45, 2.75) is 20.3 Å². The molecular formula is C15H19N3O3S2. The molecule has 1 amide bonds. The van der Waals surface area contributed by atoms with Crippen LogP contribution in [0.3, 0.4) is 0 Å². The molecule has 0 saturated carbocycles. The summed E-state index contributed by atoms with van der Waals surface area (Å²) in [5.41, 5.74) is 0. The molecule has 1 N–H and O–H groups in total. The predicted molar refractivity (Wildman–Crippen MR) is 92.7 cm³/mol. The third kappa shape index (κ3) is 3.05. The second-order valence-electron chi connectivity index (χ2n) is 5.52. The number of nitrogens with zero attached hydrogens (tertiary/aromatic N) is 3. The van der Waals surface area contributed by atoms with Crippen LogP contribution in [0.1, 0.15) is 29.9 Å². The summed E-state index contributed by atoms with van der Waals surface area (Å²) in [5, 5.41) is 10.0. The quantitative estimate of drug-likeness (QED) is 0.895. The molecular weight excluding hydrogens is 334 g/mol. The van der Waals surface area contributed by atoms with Gasteiger partial charge in [-0.05, 0) is 26.3 Å². The van der Waals surface area contributed by atoms with Crippen LogP contribution in [0.2, 0.25) is 0 Å². The minimum absolute atomic E-state index is 0.0756. The van der Waals surface area contributed by atoms with E-state index in [4.69, 9.17) is 5.11 Å². The molecule has 3 rings (SSSR count). The molecule has 124 valence electrons. The Kier molecular flexibility index (Phi) is 4.54. The van der Waals surface area contributed by atoms with Crippen LogP contribution < -0.4 is 4.90 Å². The Morgan fingerprint density at radius 3 is 2.70 bits per heavy atom. The van der Waals surface area contributed by atoms with Crippen molar-refractivity contribution in [3.05, 3.63) is 10.9 Å². The first kappa shape index (κ1) is 16.2. The van der Waals surface area contributed by atoms with E-state index in [0.717, 1.165) is 27.8 Å². The van der Waals surface area contributed by atoms with E-state index in [-0.39, 0.29) is 5.91 Å². The van der Waals surface area contributed by atoms with Gasteiger partial charge < -0.3 is 14.9 Å². The maximum absolute atomic E-state index is 12.5. The molecule has 1 unspecified atom stereocenters. The molecule has 0 aliphatic carbocycles. The van der Waals surface area contributed by atoms with E-state index in [0.29, 0.717) is 24.4 Å². The van der Waals surface area contributed by atoms with Crippen LogP contribution in [0.5, 0.6) is 0 Å². The molecule has 3 heterocycles. The van der Waals surface area contributed by atoms with Crippen LogP contribution in [-0.2, 0) is 4.79 Å². The average Bonchev–Trinajstić information content (AvgIpc) is 3.21. The van der Waals surface area contributed by atoms with Gasteiger partial charge in [0.1, 0.15) is 4.83 Å². The number of hydrogen-bond acceptors (Lipinski definition) is 6. The highest BCUT2D eigenvalue weighted by Crippen LogP contribution is 2.35. The van der Waals surface area contributed by atoms with E-state index < -0.39 is 11.9 Å². The van der Waals surface area contributed by atoms with Gasteiger partial charge >= 0.3 is 5.97 Å². The number of thiophene rings is 1. The summed E-state index contributed by atoms with van der Waals surface area (Å²) in [6.07, 6.45) is 0.533. The fourth-order valence-corrected chi connectivity index (χ4v) is 5.07. The number of hydrogen-bond donors (Lipinski definition) is 1. The number of amides is 1. The van der Waals surface area contributed by atoms with Crippen LogP contribution in [0.15, 0.2) is 6.07 Å². The van der Waals surface area contributed by atoms with E-state index in [2.05, 4.69) is 23.7 Å². The highest BCUT2D eigenvalue weighted by Gasteiger charge is 2.32. The largest absolute Gasteiger partial charge is 0.481 e. The van der Waals surface area contributed by atoms with Crippen molar-refractivity contribution in [3.63, 3.8) is 0 Å². The Morgan fingerprint density at radius 2 is 2.13 bits per heavy atom. The lowest BCUT2D eigenvalue weighted by atomic mass is 10.1. The molecule has 8 heteroatoms. The molecule has 0 radical (unpaired) electrons. The zero-order chi connectivity index (χ0) is 16.6. The van der Waals surface area contributed by atoms with Gasteiger partial charge in [-0.15, -0.1) is 11.3 Å². The second-order valence-corrected chi connectivity index (χ2v) is 7.56. The van der Waals surface area contributed by atoms with Crippen LogP contribution in [0, 0.1) is 5.92 Å². The smallest absolute Gasteiger partial charge is 0.308 e. The van der Waals surface area contributed by atoms with Crippen molar-refractivity contribution >= 4 is 49.2 Å². The van der Waals surface area contributed by atoms with Gasteiger partial charge in [0, 0.05) is 26.2 Å². The van der Waals surface area contributed by atoms with Crippen molar-refractivity contribution in [3.8, 4) is 0 Å². The monoisotopic (exact) mass is 353 g/mol. The summed E-state index contributed by atoms with van der Waals surface area (Å²) in [5.74, 6) is -1.33. The summed E-state index contributed by atoms with van der Waals surface area (Å²) < 4.78 is 1.02. The van der Waals surface area contributed by atoms with Crippen molar-refractivity contribution in [2.24, 2.45) is 5.92 Å². The van der Waals surface area contributed by atoms with Gasteiger partial charge in [0.05, 0.1) is 15.5 Å². The van der Waals surface area contributed by atoms with E-state index in [1.807, 2.05) is 6.07 Å².